The molecule has 0 bridgehead atoms. The third kappa shape index (κ3) is 1.67. The zero-order chi connectivity index (χ0) is 7.00. The molecule has 0 saturated heterocycles. The molecule has 0 aliphatic rings. The summed E-state index contributed by atoms with van der Waals surface area (Å²) in [4.78, 5) is 0. The molecule has 0 aromatic rings. The largest absolute Gasteiger partial charge is 0.430 e. The van der Waals surface area contributed by atoms with Gasteiger partial charge in [0.25, 0.3) is 0 Å². The van der Waals surface area contributed by atoms with Gasteiger partial charge in [0.05, 0.1) is 0 Å². The van der Waals surface area contributed by atoms with E-state index >= 15 is 0 Å². The average molecular weight is 129 g/mol. The maximum Gasteiger partial charge on any atom is 0.430 e. The minimum absolute atomic E-state index is 0.479. The van der Waals surface area contributed by atoms with Crippen LogP contribution in [0.2, 0.25) is 0 Å². The first kappa shape index (κ1) is 7.71. The van der Waals surface area contributed by atoms with E-state index in [0.717, 1.165) is 0 Å². The van der Waals surface area contributed by atoms with Crippen molar-refractivity contribution in [3.63, 3.8) is 0 Å². The number of hydrogen-bond acceptors (Lipinski definition) is 2. The van der Waals surface area contributed by atoms with E-state index in [1.54, 1.807) is 0 Å². The van der Waals surface area contributed by atoms with Gasteiger partial charge >= 0.3 is 6.18 Å². The smallest absolute Gasteiger partial charge is 0.368 e. The summed E-state index contributed by atoms with van der Waals surface area (Å²) < 4.78 is 33.6. The highest BCUT2D eigenvalue weighted by Crippen LogP contribution is 2.24. The van der Waals surface area contributed by atoms with E-state index in [9.17, 15) is 13.2 Å². The third-order valence-corrected chi connectivity index (χ3v) is 0.574. The van der Waals surface area contributed by atoms with Gasteiger partial charge in [-0.15, -0.1) is 0 Å². The van der Waals surface area contributed by atoms with E-state index in [0.29, 0.717) is 6.92 Å². The Hall–Kier alpha value is -0.290. The van der Waals surface area contributed by atoms with E-state index in [1.807, 2.05) is 0 Å². The molecular formula is C3H6F3NO. The molecule has 0 radical (unpaired) electrons. The standard InChI is InChI=1S/C3H6F3NO/c1-2(7,8)3(4,5)6/h8H,7H2,1H3/t2-/m0/s1. The first-order valence-electron chi connectivity index (χ1n) is 1.83. The Labute approximate surface area is 44.1 Å². The molecule has 0 heterocycles. The molecule has 0 aliphatic carbocycles. The van der Waals surface area contributed by atoms with Crippen molar-refractivity contribution in [3.05, 3.63) is 0 Å². The molecule has 0 spiro atoms. The zero-order valence-electron chi connectivity index (χ0n) is 4.16. The first-order chi connectivity index (χ1) is 3.25. The highest BCUT2D eigenvalue weighted by atomic mass is 19.4. The maximum absolute atomic E-state index is 11.2. The number of aliphatic hydroxyl groups is 1. The normalized spacial score (nSPS) is 20.2. The fourth-order valence-corrected chi connectivity index (χ4v) is 0. The van der Waals surface area contributed by atoms with Crippen LogP contribution in [-0.4, -0.2) is 17.0 Å². The van der Waals surface area contributed by atoms with E-state index < -0.39 is 11.9 Å². The Bertz CT molecular complexity index is 69.5. The Balaban J connectivity index is 4.02. The van der Waals surface area contributed by atoms with Crippen molar-refractivity contribution in [1.82, 2.24) is 0 Å². The van der Waals surface area contributed by atoms with Crippen molar-refractivity contribution in [3.8, 4) is 0 Å². The van der Waals surface area contributed by atoms with Gasteiger partial charge in [-0.1, -0.05) is 0 Å². The number of nitrogens with two attached hydrogens (primary N) is 1. The number of halogens is 3. The fraction of sp³-hybridized carbons (Fsp3) is 1.00. The molecule has 1 atom stereocenters. The van der Waals surface area contributed by atoms with Crippen LogP contribution >= 0.6 is 0 Å². The van der Waals surface area contributed by atoms with Crippen LogP contribution < -0.4 is 5.73 Å². The summed E-state index contributed by atoms with van der Waals surface area (Å²) in [6.07, 6.45) is -4.73. The highest BCUT2D eigenvalue weighted by Gasteiger charge is 2.46. The van der Waals surface area contributed by atoms with Crippen LogP contribution in [0.3, 0.4) is 0 Å². The van der Waals surface area contributed by atoms with Crippen molar-refractivity contribution < 1.29 is 18.3 Å². The minimum Gasteiger partial charge on any atom is -0.368 e. The molecule has 0 amide bonds. The van der Waals surface area contributed by atoms with Gasteiger partial charge in [-0.3, -0.25) is 5.73 Å². The highest BCUT2D eigenvalue weighted by molar-refractivity contribution is 4.72. The summed E-state index contributed by atoms with van der Waals surface area (Å²) in [5, 5.41) is 8.01. The summed E-state index contributed by atoms with van der Waals surface area (Å²) >= 11 is 0. The lowest BCUT2D eigenvalue weighted by molar-refractivity contribution is -0.250. The Morgan fingerprint density at radius 2 is 1.50 bits per heavy atom. The van der Waals surface area contributed by atoms with Gasteiger partial charge < -0.3 is 5.11 Å². The molecule has 3 N–H and O–H groups in total. The molecule has 5 heteroatoms. The van der Waals surface area contributed by atoms with Gasteiger partial charge in [0.2, 0.25) is 5.72 Å². The van der Waals surface area contributed by atoms with Crippen molar-refractivity contribution >= 4 is 0 Å². The minimum atomic E-state index is -4.73. The molecule has 0 aliphatic heterocycles. The molecule has 0 rings (SSSR count). The van der Waals surface area contributed by atoms with Gasteiger partial charge in [-0.05, 0) is 6.92 Å². The SMILES string of the molecule is C[C@](N)(O)C(F)(F)F. The van der Waals surface area contributed by atoms with E-state index in [2.05, 4.69) is 5.73 Å². The molecular weight excluding hydrogens is 123 g/mol. The second kappa shape index (κ2) is 1.60. The van der Waals surface area contributed by atoms with Crippen LogP contribution in [0, 0.1) is 0 Å². The molecule has 0 saturated carbocycles. The lowest BCUT2D eigenvalue weighted by Gasteiger charge is -2.19. The second-order valence-corrected chi connectivity index (χ2v) is 1.65. The molecule has 2 nitrogen and oxygen atoms in total. The van der Waals surface area contributed by atoms with Gasteiger partial charge in [0.15, 0.2) is 0 Å². The van der Waals surface area contributed by atoms with E-state index in [1.165, 1.54) is 0 Å². The van der Waals surface area contributed by atoms with Crippen LogP contribution in [-0.2, 0) is 0 Å². The van der Waals surface area contributed by atoms with E-state index in [4.69, 9.17) is 5.11 Å². The summed E-state index contributed by atoms with van der Waals surface area (Å²) in [6.45, 7) is 0.479. The summed E-state index contributed by atoms with van der Waals surface area (Å²) in [5.41, 5.74) is 1.18. The predicted octanol–water partition coefficient (Wildman–Crippen LogP) is 0.216. The van der Waals surface area contributed by atoms with Crippen molar-refractivity contribution in [2.24, 2.45) is 5.73 Å². The summed E-state index contributed by atoms with van der Waals surface area (Å²) in [6, 6.07) is 0. The Kier molecular flexibility index (Phi) is 1.54. The molecule has 0 aromatic heterocycles. The van der Waals surface area contributed by atoms with E-state index in [-0.39, 0.29) is 0 Å². The van der Waals surface area contributed by atoms with Gasteiger partial charge in [-0.25, -0.2) is 0 Å². The van der Waals surface area contributed by atoms with Crippen LogP contribution in [0.5, 0.6) is 0 Å². The Morgan fingerprint density at radius 3 is 1.50 bits per heavy atom. The van der Waals surface area contributed by atoms with Gasteiger partial charge in [0, 0.05) is 0 Å². The van der Waals surface area contributed by atoms with Crippen LogP contribution in [0.1, 0.15) is 6.92 Å². The second-order valence-electron chi connectivity index (χ2n) is 1.65. The van der Waals surface area contributed by atoms with Crippen molar-refractivity contribution in [1.29, 1.82) is 0 Å². The predicted molar refractivity (Wildman–Crippen MR) is 20.9 cm³/mol. The van der Waals surface area contributed by atoms with Crippen molar-refractivity contribution in [2.75, 3.05) is 0 Å². The Morgan fingerprint density at radius 1 is 1.38 bits per heavy atom. The lowest BCUT2D eigenvalue weighted by atomic mass is 10.3. The maximum atomic E-state index is 11.2. The number of alkyl halides is 3. The molecule has 0 unspecified atom stereocenters. The van der Waals surface area contributed by atoms with Crippen molar-refractivity contribution in [2.45, 2.75) is 18.8 Å². The number of hydrogen-bond donors (Lipinski definition) is 2. The lowest BCUT2D eigenvalue weighted by Crippen LogP contribution is -2.50. The molecule has 8 heavy (non-hydrogen) atoms. The topological polar surface area (TPSA) is 46.2 Å². The number of rotatable bonds is 0. The van der Waals surface area contributed by atoms with Crippen LogP contribution in [0.15, 0.2) is 0 Å². The van der Waals surface area contributed by atoms with Crippen LogP contribution in [0.25, 0.3) is 0 Å². The zero-order valence-corrected chi connectivity index (χ0v) is 4.16. The summed E-state index contributed by atoms with van der Waals surface area (Å²) in [7, 11) is 0. The third-order valence-electron chi connectivity index (χ3n) is 0.574. The molecule has 0 aromatic carbocycles. The van der Waals surface area contributed by atoms with Crippen LogP contribution in [0.4, 0.5) is 13.2 Å². The van der Waals surface area contributed by atoms with Gasteiger partial charge in [0.1, 0.15) is 0 Å². The molecule has 0 fully saturated rings. The summed E-state index contributed by atoms with van der Waals surface area (Å²) in [5.74, 6) is 0. The molecule has 50 valence electrons. The van der Waals surface area contributed by atoms with Gasteiger partial charge in [-0.2, -0.15) is 13.2 Å². The quantitative estimate of drug-likeness (QED) is 0.459. The first-order valence-corrected chi connectivity index (χ1v) is 1.83. The fourth-order valence-electron chi connectivity index (χ4n) is 0. The monoisotopic (exact) mass is 129 g/mol. The average Bonchev–Trinajstić information content (AvgIpc) is 1.25.